The van der Waals surface area contributed by atoms with Gasteiger partial charge in [0, 0.05) is 19.7 Å². The summed E-state index contributed by atoms with van der Waals surface area (Å²) in [4.78, 5) is 2.25. The van der Waals surface area contributed by atoms with Crippen LogP contribution in [0.15, 0.2) is 18.2 Å². The Labute approximate surface area is 115 Å². The van der Waals surface area contributed by atoms with Gasteiger partial charge in [0.1, 0.15) is 11.5 Å². The zero-order valence-electron chi connectivity index (χ0n) is 12.1. The Balaban J connectivity index is 2.01. The van der Waals surface area contributed by atoms with E-state index in [1.54, 1.807) is 14.2 Å². The van der Waals surface area contributed by atoms with Crippen molar-refractivity contribution in [3.63, 3.8) is 0 Å². The third-order valence-corrected chi connectivity index (χ3v) is 3.83. The van der Waals surface area contributed by atoms with Gasteiger partial charge in [-0.3, -0.25) is 0 Å². The van der Waals surface area contributed by atoms with Crippen LogP contribution in [0.25, 0.3) is 0 Å². The standard InChI is InChI=1S/C15H24N2O2/c1-17(9-7-12-6-8-16-11-12)14-10-13(18-2)4-5-15(14)19-3/h4-5,10,12,16H,6-9,11H2,1-3H3. The average molecular weight is 264 g/mol. The lowest BCUT2D eigenvalue weighted by molar-refractivity contribution is 0.402. The van der Waals surface area contributed by atoms with Gasteiger partial charge >= 0.3 is 0 Å². The van der Waals surface area contributed by atoms with Gasteiger partial charge in [-0.25, -0.2) is 0 Å². The van der Waals surface area contributed by atoms with Crippen LogP contribution >= 0.6 is 0 Å². The van der Waals surface area contributed by atoms with Gasteiger partial charge in [0.15, 0.2) is 0 Å². The van der Waals surface area contributed by atoms with Gasteiger partial charge in [-0.2, -0.15) is 0 Å². The minimum atomic E-state index is 0.805. The number of methoxy groups -OCH3 is 2. The molecule has 1 aromatic carbocycles. The first-order valence-electron chi connectivity index (χ1n) is 6.88. The number of hydrogen-bond acceptors (Lipinski definition) is 4. The molecule has 0 radical (unpaired) electrons. The third kappa shape index (κ3) is 3.53. The highest BCUT2D eigenvalue weighted by Crippen LogP contribution is 2.32. The predicted octanol–water partition coefficient (Wildman–Crippen LogP) is 2.14. The van der Waals surface area contributed by atoms with E-state index in [2.05, 4.69) is 17.3 Å². The molecule has 1 atom stereocenters. The minimum absolute atomic E-state index is 0.805. The van der Waals surface area contributed by atoms with Crippen molar-refractivity contribution in [3.8, 4) is 11.5 Å². The molecular formula is C15H24N2O2. The SMILES string of the molecule is COc1ccc(OC)c(N(C)CCC2CCNC2)c1. The Kier molecular flexibility index (Phi) is 4.91. The second-order valence-electron chi connectivity index (χ2n) is 5.11. The van der Waals surface area contributed by atoms with E-state index in [0.717, 1.165) is 42.7 Å². The number of ether oxygens (including phenoxy) is 2. The van der Waals surface area contributed by atoms with Gasteiger partial charge < -0.3 is 19.7 Å². The smallest absolute Gasteiger partial charge is 0.142 e. The average Bonchev–Trinajstić information content (AvgIpc) is 2.97. The van der Waals surface area contributed by atoms with Crippen molar-refractivity contribution in [1.82, 2.24) is 5.32 Å². The van der Waals surface area contributed by atoms with E-state index in [9.17, 15) is 0 Å². The molecule has 1 unspecified atom stereocenters. The molecule has 0 aromatic heterocycles. The number of nitrogens with zero attached hydrogens (tertiary/aromatic N) is 1. The Bertz CT molecular complexity index is 403. The van der Waals surface area contributed by atoms with Crippen LogP contribution in [0, 0.1) is 5.92 Å². The molecule has 1 aromatic rings. The van der Waals surface area contributed by atoms with Gasteiger partial charge in [-0.1, -0.05) is 0 Å². The van der Waals surface area contributed by atoms with Gasteiger partial charge in [0.25, 0.3) is 0 Å². The minimum Gasteiger partial charge on any atom is -0.497 e. The molecule has 0 spiro atoms. The van der Waals surface area contributed by atoms with E-state index >= 15 is 0 Å². The molecule has 1 saturated heterocycles. The van der Waals surface area contributed by atoms with Crippen molar-refractivity contribution in [2.75, 3.05) is 45.8 Å². The molecule has 1 aliphatic rings. The molecule has 1 heterocycles. The van der Waals surface area contributed by atoms with Crippen LogP contribution in [-0.2, 0) is 0 Å². The molecule has 0 amide bonds. The summed E-state index contributed by atoms with van der Waals surface area (Å²) in [5, 5.41) is 3.41. The molecule has 0 saturated carbocycles. The molecule has 2 rings (SSSR count). The van der Waals surface area contributed by atoms with Gasteiger partial charge in [-0.05, 0) is 44.0 Å². The summed E-state index contributed by atoms with van der Waals surface area (Å²) in [6.07, 6.45) is 2.51. The number of nitrogens with one attached hydrogen (secondary N) is 1. The van der Waals surface area contributed by atoms with Crippen LogP contribution in [0.1, 0.15) is 12.8 Å². The molecule has 4 nitrogen and oxygen atoms in total. The zero-order valence-corrected chi connectivity index (χ0v) is 12.1. The molecule has 0 bridgehead atoms. The van der Waals surface area contributed by atoms with E-state index in [0.29, 0.717) is 0 Å². The van der Waals surface area contributed by atoms with Crippen LogP contribution < -0.4 is 19.7 Å². The second-order valence-corrected chi connectivity index (χ2v) is 5.11. The summed E-state index contributed by atoms with van der Waals surface area (Å²) in [6, 6.07) is 5.92. The van der Waals surface area contributed by atoms with Crippen molar-refractivity contribution in [2.24, 2.45) is 5.92 Å². The number of benzene rings is 1. The van der Waals surface area contributed by atoms with Crippen LogP contribution in [0.2, 0.25) is 0 Å². The van der Waals surface area contributed by atoms with Crippen molar-refractivity contribution >= 4 is 5.69 Å². The molecular weight excluding hydrogens is 240 g/mol. The topological polar surface area (TPSA) is 33.7 Å². The highest BCUT2D eigenvalue weighted by atomic mass is 16.5. The third-order valence-electron chi connectivity index (χ3n) is 3.83. The van der Waals surface area contributed by atoms with E-state index in [1.807, 2.05) is 18.2 Å². The molecule has 1 aliphatic heterocycles. The molecule has 106 valence electrons. The molecule has 0 aliphatic carbocycles. The number of anilines is 1. The molecule has 1 fully saturated rings. The first kappa shape index (κ1) is 14.0. The lowest BCUT2D eigenvalue weighted by Gasteiger charge is -2.23. The Hall–Kier alpha value is -1.42. The largest absolute Gasteiger partial charge is 0.497 e. The van der Waals surface area contributed by atoms with Crippen LogP contribution in [0.5, 0.6) is 11.5 Å². The fourth-order valence-corrected chi connectivity index (χ4v) is 2.55. The van der Waals surface area contributed by atoms with E-state index in [4.69, 9.17) is 9.47 Å². The summed E-state index contributed by atoms with van der Waals surface area (Å²) in [5.74, 6) is 2.57. The normalized spacial score (nSPS) is 18.4. The maximum absolute atomic E-state index is 5.43. The Morgan fingerprint density at radius 2 is 2.16 bits per heavy atom. The number of hydrogen-bond donors (Lipinski definition) is 1. The summed E-state index contributed by atoms with van der Waals surface area (Å²) in [6.45, 7) is 3.36. The predicted molar refractivity (Wildman–Crippen MR) is 78.4 cm³/mol. The quantitative estimate of drug-likeness (QED) is 0.853. The van der Waals surface area contributed by atoms with Crippen molar-refractivity contribution in [1.29, 1.82) is 0 Å². The van der Waals surface area contributed by atoms with Crippen LogP contribution in [-0.4, -0.2) is 40.9 Å². The summed E-state index contributed by atoms with van der Waals surface area (Å²) in [7, 11) is 5.51. The molecule has 19 heavy (non-hydrogen) atoms. The first-order valence-corrected chi connectivity index (χ1v) is 6.88. The highest BCUT2D eigenvalue weighted by Gasteiger charge is 2.16. The van der Waals surface area contributed by atoms with Crippen molar-refractivity contribution in [3.05, 3.63) is 18.2 Å². The Morgan fingerprint density at radius 1 is 1.32 bits per heavy atom. The van der Waals surface area contributed by atoms with Gasteiger partial charge in [0.05, 0.1) is 19.9 Å². The second kappa shape index (κ2) is 6.66. The van der Waals surface area contributed by atoms with Gasteiger partial charge in [-0.15, -0.1) is 0 Å². The van der Waals surface area contributed by atoms with Crippen LogP contribution in [0.4, 0.5) is 5.69 Å². The molecule has 1 N–H and O–H groups in total. The monoisotopic (exact) mass is 264 g/mol. The number of rotatable bonds is 6. The van der Waals surface area contributed by atoms with Gasteiger partial charge in [0.2, 0.25) is 0 Å². The first-order chi connectivity index (χ1) is 9.24. The lowest BCUT2D eigenvalue weighted by Crippen LogP contribution is -2.22. The highest BCUT2D eigenvalue weighted by molar-refractivity contribution is 5.61. The Morgan fingerprint density at radius 3 is 2.79 bits per heavy atom. The van der Waals surface area contributed by atoms with Crippen molar-refractivity contribution in [2.45, 2.75) is 12.8 Å². The van der Waals surface area contributed by atoms with E-state index in [1.165, 1.54) is 12.8 Å². The maximum atomic E-state index is 5.43. The van der Waals surface area contributed by atoms with E-state index in [-0.39, 0.29) is 0 Å². The molecule has 4 heteroatoms. The summed E-state index contributed by atoms with van der Waals surface area (Å²) in [5.41, 5.74) is 1.09. The fourth-order valence-electron chi connectivity index (χ4n) is 2.55. The zero-order chi connectivity index (χ0) is 13.7. The van der Waals surface area contributed by atoms with E-state index < -0.39 is 0 Å². The van der Waals surface area contributed by atoms with Crippen molar-refractivity contribution < 1.29 is 9.47 Å². The lowest BCUT2D eigenvalue weighted by atomic mass is 10.0. The van der Waals surface area contributed by atoms with Crippen LogP contribution in [0.3, 0.4) is 0 Å². The summed E-state index contributed by atoms with van der Waals surface area (Å²) < 4.78 is 10.7. The summed E-state index contributed by atoms with van der Waals surface area (Å²) >= 11 is 0. The fraction of sp³-hybridized carbons (Fsp3) is 0.600. The maximum Gasteiger partial charge on any atom is 0.142 e.